The van der Waals surface area contributed by atoms with Crippen molar-refractivity contribution in [2.24, 2.45) is 4.99 Å². The monoisotopic (exact) mass is 474 g/mol. The smallest absolute Gasteiger partial charge is 0.252 e. The molecule has 2 aromatic carbocycles. The van der Waals surface area contributed by atoms with Crippen LogP contribution in [0.1, 0.15) is 11.1 Å². The zero-order valence-corrected chi connectivity index (χ0v) is 19.7. The average molecular weight is 475 g/mol. The molecule has 2 aliphatic heterocycles. The number of thioether (sulfide) groups is 1. The van der Waals surface area contributed by atoms with Crippen LogP contribution in [-0.4, -0.2) is 68.0 Å². The van der Waals surface area contributed by atoms with E-state index in [2.05, 4.69) is 4.99 Å². The van der Waals surface area contributed by atoms with Gasteiger partial charge in [0.25, 0.3) is 5.91 Å². The first kappa shape index (κ1) is 22.7. The molecule has 0 N–H and O–H groups in total. The van der Waals surface area contributed by atoms with Crippen LogP contribution in [0.3, 0.4) is 0 Å². The second-order valence-electron chi connectivity index (χ2n) is 7.90. The van der Waals surface area contributed by atoms with E-state index in [0.717, 1.165) is 29.0 Å². The van der Waals surface area contributed by atoms with Gasteiger partial charge < -0.3 is 14.4 Å². The number of hydrogen-bond acceptors (Lipinski definition) is 6. The predicted octanol–water partition coefficient (Wildman–Crippen LogP) is 2.59. The highest BCUT2D eigenvalue weighted by Gasteiger charge is 2.48. The third-order valence-electron chi connectivity index (χ3n) is 5.71. The highest BCUT2D eigenvalue weighted by Crippen LogP contribution is 2.38. The summed E-state index contributed by atoms with van der Waals surface area (Å²) in [7, 11) is 0.158. The zero-order chi connectivity index (χ0) is 22.7. The van der Waals surface area contributed by atoms with E-state index in [0.29, 0.717) is 11.7 Å². The molecule has 0 aliphatic carbocycles. The molecule has 1 amide bonds. The van der Waals surface area contributed by atoms with Crippen molar-refractivity contribution < 1.29 is 22.7 Å². The number of amidine groups is 1. The van der Waals surface area contributed by atoms with Crippen LogP contribution in [0.2, 0.25) is 0 Å². The van der Waals surface area contributed by atoms with Gasteiger partial charge in [0.05, 0.1) is 38.2 Å². The van der Waals surface area contributed by atoms with E-state index in [1.165, 1.54) is 11.8 Å². The molecule has 2 aromatic rings. The number of aliphatic imine (C=N–C) groups is 1. The van der Waals surface area contributed by atoms with Gasteiger partial charge in [0.2, 0.25) is 0 Å². The SMILES string of the molecule is COc1ccc(CCN2C(=NC(=O)Cc3ccc(OC)cc3)SC3CS(=O)(=O)CC32)cc1. The Bertz CT molecular complexity index is 1100. The minimum Gasteiger partial charge on any atom is -0.497 e. The third-order valence-corrected chi connectivity index (χ3v) is 8.96. The number of carbonyl (C=O) groups excluding carboxylic acids is 1. The van der Waals surface area contributed by atoms with Crippen molar-refractivity contribution >= 4 is 32.7 Å². The Kier molecular flexibility index (Phi) is 6.76. The largest absolute Gasteiger partial charge is 0.497 e. The topological polar surface area (TPSA) is 85.3 Å². The first-order chi connectivity index (χ1) is 15.4. The van der Waals surface area contributed by atoms with Crippen molar-refractivity contribution in [2.45, 2.75) is 24.1 Å². The predicted molar refractivity (Wildman–Crippen MR) is 126 cm³/mol. The normalized spacial score (nSPS) is 22.7. The highest BCUT2D eigenvalue weighted by molar-refractivity contribution is 8.15. The van der Waals surface area contributed by atoms with E-state index in [9.17, 15) is 13.2 Å². The van der Waals surface area contributed by atoms with E-state index in [1.807, 2.05) is 53.4 Å². The molecule has 0 aromatic heterocycles. The lowest BCUT2D eigenvalue weighted by Gasteiger charge is -2.24. The van der Waals surface area contributed by atoms with Crippen LogP contribution >= 0.6 is 11.8 Å². The fourth-order valence-electron chi connectivity index (χ4n) is 4.00. The number of sulfone groups is 1. The van der Waals surface area contributed by atoms with Gasteiger partial charge in [0.1, 0.15) is 11.5 Å². The van der Waals surface area contributed by atoms with Crippen molar-refractivity contribution in [1.29, 1.82) is 0 Å². The fourth-order valence-corrected chi connectivity index (χ4v) is 8.00. The number of rotatable bonds is 7. The summed E-state index contributed by atoms with van der Waals surface area (Å²) in [6, 6.07) is 15.0. The number of nitrogens with zero attached hydrogens (tertiary/aromatic N) is 2. The van der Waals surface area contributed by atoms with Gasteiger partial charge in [-0.25, -0.2) is 8.42 Å². The second kappa shape index (κ2) is 9.54. The summed E-state index contributed by atoms with van der Waals surface area (Å²) >= 11 is 1.41. The van der Waals surface area contributed by atoms with Gasteiger partial charge in [-0.3, -0.25) is 4.79 Å². The summed E-state index contributed by atoms with van der Waals surface area (Å²) < 4.78 is 34.7. The molecule has 0 bridgehead atoms. The van der Waals surface area contributed by atoms with Crippen LogP contribution in [0.4, 0.5) is 0 Å². The molecule has 2 atom stereocenters. The molecule has 2 heterocycles. The van der Waals surface area contributed by atoms with Crippen LogP contribution in [0.15, 0.2) is 53.5 Å². The van der Waals surface area contributed by atoms with Crippen molar-refractivity contribution in [1.82, 2.24) is 4.90 Å². The molecular formula is C23H26N2O5S2. The van der Waals surface area contributed by atoms with Crippen molar-refractivity contribution in [3.63, 3.8) is 0 Å². The molecule has 9 heteroatoms. The molecule has 2 unspecified atom stereocenters. The molecule has 4 rings (SSSR count). The number of methoxy groups -OCH3 is 2. The maximum Gasteiger partial charge on any atom is 0.252 e. The van der Waals surface area contributed by atoms with Gasteiger partial charge in [-0.05, 0) is 41.8 Å². The summed E-state index contributed by atoms with van der Waals surface area (Å²) in [5.74, 6) is 1.53. The number of hydrogen-bond donors (Lipinski definition) is 0. The Balaban J connectivity index is 1.48. The second-order valence-corrected chi connectivity index (χ2v) is 11.3. The number of carbonyl (C=O) groups is 1. The maximum atomic E-state index is 12.7. The quantitative estimate of drug-likeness (QED) is 0.610. The fraction of sp³-hybridized carbons (Fsp3) is 0.391. The number of amides is 1. The number of fused-ring (bicyclic) bond motifs is 1. The highest BCUT2D eigenvalue weighted by atomic mass is 32.2. The first-order valence-corrected chi connectivity index (χ1v) is 13.1. The molecule has 0 saturated carbocycles. The van der Waals surface area contributed by atoms with Gasteiger partial charge in [-0.15, -0.1) is 0 Å². The first-order valence-electron chi connectivity index (χ1n) is 10.4. The Morgan fingerprint density at radius 1 is 1.00 bits per heavy atom. The van der Waals surface area contributed by atoms with Crippen molar-refractivity contribution in [3.8, 4) is 11.5 Å². The summed E-state index contributed by atoms with van der Waals surface area (Å²) in [6.45, 7) is 0.602. The summed E-state index contributed by atoms with van der Waals surface area (Å²) in [5, 5.41) is 0.547. The van der Waals surface area contributed by atoms with E-state index >= 15 is 0 Å². The Labute approximate surface area is 192 Å². The van der Waals surface area contributed by atoms with Gasteiger partial charge in [0, 0.05) is 11.8 Å². The minimum absolute atomic E-state index is 0.0802. The lowest BCUT2D eigenvalue weighted by atomic mass is 10.1. The summed E-state index contributed by atoms with van der Waals surface area (Å²) in [6.07, 6.45) is 0.910. The Hall–Kier alpha value is -2.52. The molecule has 170 valence electrons. The van der Waals surface area contributed by atoms with Crippen molar-refractivity contribution in [3.05, 3.63) is 59.7 Å². The van der Waals surface area contributed by atoms with Gasteiger partial charge in [0.15, 0.2) is 15.0 Å². The lowest BCUT2D eigenvalue weighted by Crippen LogP contribution is -2.39. The van der Waals surface area contributed by atoms with Crippen molar-refractivity contribution in [2.75, 3.05) is 32.3 Å². The Morgan fingerprint density at radius 2 is 1.59 bits per heavy atom. The maximum absolute atomic E-state index is 12.7. The molecule has 2 saturated heterocycles. The Morgan fingerprint density at radius 3 is 2.19 bits per heavy atom. The van der Waals surface area contributed by atoms with Gasteiger partial charge in [-0.2, -0.15) is 4.99 Å². The molecular weight excluding hydrogens is 448 g/mol. The number of benzene rings is 2. The average Bonchev–Trinajstić information content (AvgIpc) is 3.23. The van der Waals surface area contributed by atoms with E-state index < -0.39 is 9.84 Å². The lowest BCUT2D eigenvalue weighted by molar-refractivity contribution is -0.117. The third kappa shape index (κ3) is 5.27. The molecule has 2 fully saturated rings. The van der Waals surface area contributed by atoms with Crippen LogP contribution in [0.25, 0.3) is 0 Å². The molecule has 32 heavy (non-hydrogen) atoms. The summed E-state index contributed by atoms with van der Waals surface area (Å²) in [4.78, 5) is 19.1. The molecule has 7 nitrogen and oxygen atoms in total. The van der Waals surface area contributed by atoms with Crippen LogP contribution < -0.4 is 9.47 Å². The van der Waals surface area contributed by atoms with Gasteiger partial charge in [-0.1, -0.05) is 36.0 Å². The molecule has 0 spiro atoms. The minimum atomic E-state index is -3.07. The standard InChI is InChI=1S/C23H26N2O5S2/c1-29-18-7-3-16(4-8-18)11-12-25-20-14-32(27,28)15-21(20)31-23(25)24-22(26)13-17-5-9-19(30-2)10-6-17/h3-10,20-21H,11-15H2,1-2H3. The van der Waals surface area contributed by atoms with E-state index in [4.69, 9.17) is 9.47 Å². The van der Waals surface area contributed by atoms with Crippen LogP contribution in [0, 0.1) is 0 Å². The van der Waals surface area contributed by atoms with E-state index in [1.54, 1.807) is 14.2 Å². The number of ether oxygens (including phenoxy) is 2. The molecule has 0 radical (unpaired) electrons. The van der Waals surface area contributed by atoms with Gasteiger partial charge >= 0.3 is 0 Å². The molecule has 2 aliphatic rings. The van der Waals surface area contributed by atoms with Crippen LogP contribution in [0.5, 0.6) is 11.5 Å². The van der Waals surface area contributed by atoms with E-state index in [-0.39, 0.29) is 35.1 Å². The zero-order valence-electron chi connectivity index (χ0n) is 18.1. The van der Waals surface area contributed by atoms with Crippen LogP contribution in [-0.2, 0) is 27.5 Å². The summed E-state index contributed by atoms with van der Waals surface area (Å²) in [5.41, 5.74) is 1.97.